The monoisotopic (exact) mass is 249 g/mol. The first-order chi connectivity index (χ1) is 5.82. The summed E-state index contributed by atoms with van der Waals surface area (Å²) < 4.78 is 5.01. The summed E-state index contributed by atoms with van der Waals surface area (Å²) in [6.45, 7) is 8.29. The molecule has 1 heterocycles. The van der Waals surface area contributed by atoms with Crippen molar-refractivity contribution in [3.63, 3.8) is 0 Å². The van der Waals surface area contributed by atoms with Crippen molar-refractivity contribution in [3.8, 4) is 0 Å². The van der Waals surface area contributed by atoms with Gasteiger partial charge in [-0.15, -0.1) is 0 Å². The zero-order chi connectivity index (χ0) is 10.2. The van der Waals surface area contributed by atoms with Gasteiger partial charge in [0.1, 0.15) is 6.10 Å². The number of rotatable bonds is 1. The van der Waals surface area contributed by atoms with Crippen LogP contribution in [0.2, 0.25) is 0 Å². The Morgan fingerprint density at radius 3 is 2.38 bits per heavy atom. The van der Waals surface area contributed by atoms with E-state index in [1.807, 2.05) is 6.92 Å². The van der Waals surface area contributed by atoms with Crippen molar-refractivity contribution in [2.24, 2.45) is 5.41 Å². The average Bonchev–Trinajstić information content (AvgIpc) is 2.26. The number of hydrogen-bond acceptors (Lipinski definition) is 2. The summed E-state index contributed by atoms with van der Waals surface area (Å²) in [4.78, 5) is 11.2. The number of halogens is 1. The second kappa shape index (κ2) is 3.48. The summed E-state index contributed by atoms with van der Waals surface area (Å²) in [7, 11) is 0. The van der Waals surface area contributed by atoms with Gasteiger partial charge in [-0.05, 0) is 12.3 Å². The number of nitrogens with one attached hydrogen (secondary N) is 1. The van der Waals surface area contributed by atoms with Crippen LogP contribution in [0.4, 0.5) is 4.79 Å². The van der Waals surface area contributed by atoms with Gasteiger partial charge in [0.25, 0.3) is 0 Å². The first-order valence-electron chi connectivity index (χ1n) is 4.43. The van der Waals surface area contributed by atoms with Gasteiger partial charge in [-0.1, -0.05) is 36.7 Å². The van der Waals surface area contributed by atoms with E-state index < -0.39 is 0 Å². The van der Waals surface area contributed by atoms with E-state index in [1.165, 1.54) is 0 Å². The lowest BCUT2D eigenvalue weighted by Crippen LogP contribution is -2.44. The zero-order valence-corrected chi connectivity index (χ0v) is 10.0. The van der Waals surface area contributed by atoms with Gasteiger partial charge < -0.3 is 10.1 Å². The highest BCUT2D eigenvalue weighted by Gasteiger charge is 2.40. The number of cyclic esters (lactones) is 1. The second-order valence-electron chi connectivity index (χ2n) is 4.55. The second-order valence-corrected chi connectivity index (χ2v) is 5.53. The molecule has 0 unspecified atom stereocenters. The van der Waals surface area contributed by atoms with Crippen molar-refractivity contribution in [2.45, 2.75) is 44.7 Å². The highest BCUT2D eigenvalue weighted by atomic mass is 79.9. The SMILES string of the molecule is C[C@@H]1OC(=O)N[C@H]1[C@@H](Br)C(C)(C)C. The molecule has 1 aliphatic rings. The van der Waals surface area contributed by atoms with E-state index in [9.17, 15) is 4.79 Å². The molecule has 0 aromatic rings. The highest BCUT2D eigenvalue weighted by molar-refractivity contribution is 9.09. The molecule has 1 aliphatic heterocycles. The molecule has 4 heteroatoms. The van der Waals surface area contributed by atoms with Gasteiger partial charge in [-0.2, -0.15) is 0 Å². The fourth-order valence-corrected chi connectivity index (χ4v) is 1.94. The third kappa shape index (κ3) is 2.36. The number of alkyl carbamates (subject to hydrolysis) is 1. The van der Waals surface area contributed by atoms with Gasteiger partial charge in [-0.3, -0.25) is 0 Å². The molecule has 3 nitrogen and oxygen atoms in total. The molecule has 0 aromatic carbocycles. The minimum Gasteiger partial charge on any atom is -0.444 e. The highest BCUT2D eigenvalue weighted by Crippen LogP contribution is 2.32. The van der Waals surface area contributed by atoms with Crippen molar-refractivity contribution in [1.82, 2.24) is 5.32 Å². The van der Waals surface area contributed by atoms with E-state index in [2.05, 4.69) is 42.0 Å². The Hall–Kier alpha value is -0.250. The van der Waals surface area contributed by atoms with E-state index in [4.69, 9.17) is 4.74 Å². The first kappa shape index (κ1) is 10.8. The fourth-order valence-electron chi connectivity index (χ4n) is 1.38. The molecule has 1 N–H and O–H groups in total. The van der Waals surface area contributed by atoms with Crippen molar-refractivity contribution in [2.75, 3.05) is 0 Å². The molecule has 1 saturated heterocycles. The van der Waals surface area contributed by atoms with Gasteiger partial charge in [-0.25, -0.2) is 4.79 Å². The van der Waals surface area contributed by atoms with E-state index in [1.54, 1.807) is 0 Å². The summed E-state index contributed by atoms with van der Waals surface area (Å²) in [5.41, 5.74) is 0.111. The Morgan fingerprint density at radius 1 is 1.54 bits per heavy atom. The van der Waals surface area contributed by atoms with Crippen molar-refractivity contribution in [1.29, 1.82) is 0 Å². The molecular weight excluding hydrogens is 234 g/mol. The molecule has 1 rings (SSSR count). The standard InChI is InChI=1S/C9H16BrNO2/c1-5-6(11-8(12)13-5)7(10)9(2,3)4/h5-7H,1-4H3,(H,11,12)/t5-,6+,7+/m0/s1. The molecule has 0 bridgehead atoms. The number of carbonyl (C=O) groups excluding carboxylic acids is 1. The molecule has 0 aromatic heterocycles. The molecule has 0 radical (unpaired) electrons. The number of hydrogen-bond donors (Lipinski definition) is 1. The van der Waals surface area contributed by atoms with Crippen LogP contribution in [0.5, 0.6) is 0 Å². The molecule has 0 spiro atoms. The molecule has 0 aliphatic carbocycles. The largest absolute Gasteiger partial charge is 0.444 e. The number of ether oxygens (including phenoxy) is 1. The van der Waals surface area contributed by atoms with Gasteiger partial charge in [0, 0.05) is 4.83 Å². The van der Waals surface area contributed by atoms with Crippen LogP contribution in [0, 0.1) is 5.41 Å². The maximum absolute atomic E-state index is 10.9. The molecular formula is C9H16BrNO2. The van der Waals surface area contributed by atoms with Crippen LogP contribution in [-0.2, 0) is 4.74 Å². The summed E-state index contributed by atoms with van der Waals surface area (Å²) in [6.07, 6.45) is -0.373. The van der Waals surface area contributed by atoms with E-state index in [-0.39, 0.29) is 28.5 Å². The lowest BCUT2D eigenvalue weighted by Gasteiger charge is -2.31. The molecule has 1 amide bonds. The lowest BCUT2D eigenvalue weighted by molar-refractivity contribution is 0.136. The zero-order valence-electron chi connectivity index (χ0n) is 8.43. The van der Waals surface area contributed by atoms with Crippen molar-refractivity contribution >= 4 is 22.0 Å². The first-order valence-corrected chi connectivity index (χ1v) is 5.35. The Kier molecular flexibility index (Phi) is 2.90. The number of alkyl halides is 1. The topological polar surface area (TPSA) is 38.3 Å². The summed E-state index contributed by atoms with van der Waals surface area (Å²) in [5.74, 6) is 0. The van der Waals surface area contributed by atoms with Crippen molar-refractivity contribution in [3.05, 3.63) is 0 Å². The summed E-state index contributed by atoms with van der Waals surface area (Å²) in [6, 6.07) is 0.0625. The van der Waals surface area contributed by atoms with E-state index >= 15 is 0 Å². The van der Waals surface area contributed by atoms with Crippen LogP contribution in [-0.4, -0.2) is 23.1 Å². The van der Waals surface area contributed by atoms with Crippen LogP contribution in [0.15, 0.2) is 0 Å². The molecule has 76 valence electrons. The van der Waals surface area contributed by atoms with Crippen LogP contribution >= 0.6 is 15.9 Å². The maximum atomic E-state index is 10.9. The maximum Gasteiger partial charge on any atom is 0.407 e. The van der Waals surface area contributed by atoms with Gasteiger partial charge in [0.05, 0.1) is 6.04 Å². The molecule has 3 atom stereocenters. The quantitative estimate of drug-likeness (QED) is 0.725. The minimum absolute atomic E-state index is 0.0592. The van der Waals surface area contributed by atoms with Crippen molar-refractivity contribution < 1.29 is 9.53 Å². The fraction of sp³-hybridized carbons (Fsp3) is 0.889. The van der Waals surface area contributed by atoms with Gasteiger partial charge >= 0.3 is 6.09 Å². The lowest BCUT2D eigenvalue weighted by atomic mass is 9.86. The summed E-state index contributed by atoms with van der Waals surface area (Å²) in [5, 5.41) is 2.80. The molecule has 0 saturated carbocycles. The van der Waals surface area contributed by atoms with Gasteiger partial charge in [0.2, 0.25) is 0 Å². The smallest absolute Gasteiger partial charge is 0.407 e. The van der Waals surface area contributed by atoms with Crippen LogP contribution in [0.1, 0.15) is 27.7 Å². The minimum atomic E-state index is -0.314. The summed E-state index contributed by atoms with van der Waals surface area (Å²) >= 11 is 3.60. The van der Waals surface area contributed by atoms with E-state index in [0.717, 1.165) is 0 Å². The third-order valence-corrected chi connectivity index (χ3v) is 4.17. The molecule has 1 fully saturated rings. The van der Waals surface area contributed by atoms with Gasteiger partial charge in [0.15, 0.2) is 0 Å². The third-order valence-electron chi connectivity index (χ3n) is 2.23. The van der Waals surface area contributed by atoms with Crippen LogP contribution < -0.4 is 5.32 Å². The normalized spacial score (nSPS) is 31.0. The Morgan fingerprint density at radius 2 is 2.08 bits per heavy atom. The Labute approximate surface area is 87.3 Å². The number of amides is 1. The van der Waals surface area contributed by atoms with E-state index in [0.29, 0.717) is 0 Å². The van der Waals surface area contributed by atoms with Crippen LogP contribution in [0.3, 0.4) is 0 Å². The Balaban J connectivity index is 2.67. The molecule has 13 heavy (non-hydrogen) atoms. The predicted octanol–water partition coefficient (Wildman–Crippen LogP) is 2.29. The Bertz CT molecular complexity index is 212. The average molecular weight is 250 g/mol. The predicted molar refractivity (Wildman–Crippen MR) is 55.0 cm³/mol. The number of carbonyl (C=O) groups is 1. The van der Waals surface area contributed by atoms with Crippen LogP contribution in [0.25, 0.3) is 0 Å².